The summed E-state index contributed by atoms with van der Waals surface area (Å²) in [5.41, 5.74) is 2.19. The van der Waals surface area contributed by atoms with Crippen LogP contribution < -0.4 is 26.7 Å². The molecule has 0 aliphatic carbocycles. The highest BCUT2D eigenvalue weighted by molar-refractivity contribution is 5.52. The lowest BCUT2D eigenvalue weighted by molar-refractivity contribution is 0.707. The van der Waals surface area contributed by atoms with Crippen LogP contribution in [-0.2, 0) is 0 Å². The van der Waals surface area contributed by atoms with Crippen LogP contribution in [-0.4, -0.2) is 27.0 Å². The van der Waals surface area contributed by atoms with Crippen molar-refractivity contribution < 1.29 is 0 Å². The SMILES string of the molecule is C1=c2/cc/c([nH]2)=C/C2CCC(/C=c3/cc/c([nH]3)=C/c3ccc/1[nH]3)N2. The number of hydrogen-bond acceptors (Lipinski definition) is 1. The Bertz CT molecular complexity index is 1020. The third-order valence-electron chi connectivity index (χ3n) is 4.79. The number of fused-ring (bicyclic) bond motifs is 8. The minimum absolute atomic E-state index is 0.420. The van der Waals surface area contributed by atoms with Crippen LogP contribution in [0.25, 0.3) is 24.3 Å². The zero-order valence-corrected chi connectivity index (χ0v) is 13.3. The van der Waals surface area contributed by atoms with Crippen molar-refractivity contribution in [3.63, 3.8) is 0 Å². The quantitative estimate of drug-likeness (QED) is 0.464. The summed E-state index contributed by atoms with van der Waals surface area (Å²) in [6.45, 7) is 0. The Labute approximate surface area is 139 Å². The van der Waals surface area contributed by atoms with Gasteiger partial charge in [0.15, 0.2) is 0 Å². The second-order valence-electron chi connectivity index (χ2n) is 6.69. The smallest absolute Gasteiger partial charge is 0.0405 e. The van der Waals surface area contributed by atoms with E-state index < -0.39 is 0 Å². The summed E-state index contributed by atoms with van der Waals surface area (Å²) in [6.07, 6.45) is 11.2. The van der Waals surface area contributed by atoms with E-state index in [1.807, 2.05) is 0 Å². The lowest BCUT2D eigenvalue weighted by Crippen LogP contribution is -2.29. The van der Waals surface area contributed by atoms with Crippen molar-refractivity contribution in [2.45, 2.75) is 24.9 Å². The van der Waals surface area contributed by atoms with Crippen LogP contribution in [0.15, 0.2) is 36.4 Å². The van der Waals surface area contributed by atoms with Gasteiger partial charge in [-0.3, -0.25) is 0 Å². The lowest BCUT2D eigenvalue weighted by atomic mass is 10.2. The molecule has 3 aromatic heterocycles. The Morgan fingerprint density at radius 2 is 1.08 bits per heavy atom. The molecule has 5 rings (SSSR count). The van der Waals surface area contributed by atoms with Gasteiger partial charge in [-0.1, -0.05) is 0 Å². The van der Waals surface area contributed by atoms with E-state index in [9.17, 15) is 0 Å². The van der Waals surface area contributed by atoms with Crippen LogP contribution in [0, 0.1) is 0 Å². The average Bonchev–Trinajstić information content (AvgIpc) is 3.32. The van der Waals surface area contributed by atoms with Crippen molar-refractivity contribution in [3.05, 3.63) is 69.2 Å². The first-order valence-corrected chi connectivity index (χ1v) is 8.52. The number of hydrogen-bond donors (Lipinski definition) is 4. The molecule has 4 N–H and O–H groups in total. The van der Waals surface area contributed by atoms with E-state index in [2.05, 4.69) is 81.0 Å². The van der Waals surface area contributed by atoms with Crippen molar-refractivity contribution in [3.8, 4) is 0 Å². The molecule has 4 heteroatoms. The fraction of sp³-hybridized carbons (Fsp3) is 0.200. The standard InChI is InChI=1S/C20H20N4/c1-2-14-10-16-5-6-18(23-16)12-20-8-7-19(24-20)11-17-4-3-15(22-17)9-13(1)21-14/h1-6,9-12,19-24H,7-8H2/b15-9-,16-10-,17-11-,18-12-. The maximum atomic E-state index is 3.69. The normalized spacial score (nSPS) is 27.8. The van der Waals surface area contributed by atoms with Crippen LogP contribution in [0.4, 0.5) is 0 Å². The molecule has 120 valence electrons. The molecule has 0 aromatic carbocycles. The molecule has 24 heavy (non-hydrogen) atoms. The third kappa shape index (κ3) is 2.65. The topological polar surface area (TPSA) is 59.4 Å². The van der Waals surface area contributed by atoms with E-state index in [1.165, 1.54) is 23.5 Å². The fourth-order valence-corrected chi connectivity index (χ4v) is 3.65. The summed E-state index contributed by atoms with van der Waals surface area (Å²) < 4.78 is 0. The second kappa shape index (κ2) is 5.42. The molecule has 2 aliphatic rings. The van der Waals surface area contributed by atoms with Crippen molar-refractivity contribution in [2.75, 3.05) is 0 Å². The third-order valence-corrected chi connectivity index (χ3v) is 4.79. The van der Waals surface area contributed by atoms with Crippen molar-refractivity contribution >= 4 is 24.3 Å². The Morgan fingerprint density at radius 1 is 0.583 bits per heavy atom. The van der Waals surface area contributed by atoms with Gasteiger partial charge in [0.05, 0.1) is 0 Å². The molecule has 5 heterocycles. The number of H-pyrrole nitrogens is 3. The number of aromatic nitrogens is 3. The highest BCUT2D eigenvalue weighted by Gasteiger charge is 2.19. The summed E-state index contributed by atoms with van der Waals surface area (Å²) in [6, 6.07) is 13.6. The lowest BCUT2D eigenvalue weighted by Gasteiger charge is -2.06. The highest BCUT2D eigenvalue weighted by atomic mass is 15.0. The second-order valence-corrected chi connectivity index (χ2v) is 6.69. The molecule has 0 amide bonds. The van der Waals surface area contributed by atoms with Gasteiger partial charge in [-0.15, -0.1) is 0 Å². The first kappa shape index (κ1) is 13.7. The van der Waals surface area contributed by atoms with E-state index in [0.717, 1.165) is 22.1 Å². The molecular weight excluding hydrogens is 296 g/mol. The average molecular weight is 316 g/mol. The van der Waals surface area contributed by atoms with Crippen LogP contribution in [0.1, 0.15) is 24.2 Å². The molecule has 2 unspecified atom stereocenters. The van der Waals surface area contributed by atoms with Crippen LogP contribution >= 0.6 is 0 Å². The maximum absolute atomic E-state index is 3.69. The van der Waals surface area contributed by atoms with Crippen LogP contribution in [0.2, 0.25) is 0 Å². The Morgan fingerprint density at radius 3 is 1.62 bits per heavy atom. The van der Waals surface area contributed by atoms with Gasteiger partial charge in [0.25, 0.3) is 0 Å². The highest BCUT2D eigenvalue weighted by Crippen LogP contribution is 2.14. The van der Waals surface area contributed by atoms with E-state index >= 15 is 0 Å². The largest absolute Gasteiger partial charge is 0.356 e. The van der Waals surface area contributed by atoms with Crippen molar-refractivity contribution in [1.29, 1.82) is 0 Å². The predicted molar refractivity (Wildman–Crippen MR) is 96.9 cm³/mol. The Balaban J connectivity index is 1.70. The van der Waals surface area contributed by atoms with Gasteiger partial charge in [0.2, 0.25) is 0 Å². The van der Waals surface area contributed by atoms with Gasteiger partial charge in [-0.25, -0.2) is 0 Å². The zero-order chi connectivity index (χ0) is 15.9. The number of nitrogens with one attached hydrogen (secondary N) is 4. The summed E-state index contributed by atoms with van der Waals surface area (Å²) in [4.78, 5) is 10.4. The minimum atomic E-state index is 0.420. The van der Waals surface area contributed by atoms with Crippen molar-refractivity contribution in [1.82, 2.24) is 20.3 Å². The number of aromatic amines is 3. The molecule has 2 aliphatic heterocycles. The molecule has 0 spiro atoms. The molecule has 4 nitrogen and oxygen atoms in total. The van der Waals surface area contributed by atoms with Gasteiger partial charge in [-0.05, 0) is 73.5 Å². The summed E-state index contributed by atoms with van der Waals surface area (Å²) in [7, 11) is 0. The van der Waals surface area contributed by atoms with Gasteiger partial charge >= 0.3 is 0 Å². The van der Waals surface area contributed by atoms with Gasteiger partial charge in [0.1, 0.15) is 0 Å². The first-order valence-electron chi connectivity index (χ1n) is 8.52. The molecule has 0 radical (unpaired) electrons. The fourth-order valence-electron chi connectivity index (χ4n) is 3.65. The molecule has 2 atom stereocenters. The molecular formula is C20H20N4. The Kier molecular flexibility index (Phi) is 3.10. The molecule has 0 saturated carbocycles. The Hall–Kier alpha value is -2.72. The van der Waals surface area contributed by atoms with E-state index in [1.54, 1.807) is 0 Å². The monoisotopic (exact) mass is 316 g/mol. The molecule has 1 saturated heterocycles. The van der Waals surface area contributed by atoms with Crippen molar-refractivity contribution in [2.24, 2.45) is 0 Å². The molecule has 8 bridgehead atoms. The van der Waals surface area contributed by atoms with E-state index in [4.69, 9.17) is 0 Å². The summed E-state index contributed by atoms with van der Waals surface area (Å²) in [5.74, 6) is 0. The van der Waals surface area contributed by atoms with E-state index in [0.29, 0.717) is 12.1 Å². The maximum Gasteiger partial charge on any atom is 0.0405 e. The van der Waals surface area contributed by atoms with Crippen LogP contribution in [0.5, 0.6) is 0 Å². The van der Waals surface area contributed by atoms with Gasteiger partial charge in [-0.2, -0.15) is 0 Å². The molecule has 1 fully saturated rings. The van der Waals surface area contributed by atoms with Gasteiger partial charge in [0, 0.05) is 44.9 Å². The zero-order valence-electron chi connectivity index (χ0n) is 13.3. The van der Waals surface area contributed by atoms with Gasteiger partial charge < -0.3 is 20.3 Å². The summed E-state index contributed by atoms with van der Waals surface area (Å²) in [5, 5.41) is 8.27. The first-order chi connectivity index (χ1) is 11.8. The molecule has 3 aromatic rings. The van der Waals surface area contributed by atoms with E-state index in [-0.39, 0.29) is 0 Å². The minimum Gasteiger partial charge on any atom is -0.356 e. The summed E-state index contributed by atoms with van der Waals surface area (Å²) >= 11 is 0. The number of rotatable bonds is 0. The predicted octanol–water partition coefficient (Wildman–Crippen LogP) is 0.0237. The van der Waals surface area contributed by atoms with Crippen LogP contribution in [0.3, 0.4) is 0 Å².